The molecule has 2 bridgehead atoms. The fraction of sp³-hybridized carbons (Fsp3) is 0.512. The fourth-order valence-electron chi connectivity index (χ4n) is 8.06. The van der Waals surface area contributed by atoms with Crippen LogP contribution in [-0.4, -0.2) is 81.9 Å². The van der Waals surface area contributed by atoms with E-state index in [1.54, 1.807) is 44.3 Å². The van der Waals surface area contributed by atoms with Crippen molar-refractivity contribution < 1.29 is 47.7 Å². The largest absolute Gasteiger partial charge is 0.456 e. The molecule has 3 aromatic rings. The molecule has 4 heterocycles. The molecular weight excluding hydrogens is 678 g/mol. The van der Waals surface area contributed by atoms with Crippen molar-refractivity contribution in [3.8, 4) is 0 Å². The van der Waals surface area contributed by atoms with Crippen molar-refractivity contribution in [1.82, 2.24) is 9.55 Å². The number of hydrogen-bond donors (Lipinski definition) is 2. The van der Waals surface area contributed by atoms with Gasteiger partial charge in [0.15, 0.2) is 6.10 Å². The highest BCUT2D eigenvalue weighted by Crippen LogP contribution is 2.53. The molecule has 6 rings (SSSR count). The van der Waals surface area contributed by atoms with Crippen LogP contribution in [0.1, 0.15) is 73.9 Å². The molecule has 2 aromatic heterocycles. The lowest BCUT2D eigenvalue weighted by Crippen LogP contribution is -2.48. The number of nitrogens with one attached hydrogen (secondary N) is 1. The summed E-state index contributed by atoms with van der Waals surface area (Å²) >= 11 is 0. The van der Waals surface area contributed by atoms with Gasteiger partial charge in [0.1, 0.15) is 49.0 Å². The average molecular weight is 731 g/mol. The standard InChI is InChI=1S/C41H51N3O9/c1-24-19-25(2)41-21-31(37(53-41)36(26(3)27(4)45)52-39(47)33-9-8-16-42-33)14-15-32(41)20-34(49-7)40(48)51-35(24)28(5)50-38(46)30-12-10-29(11-13-30)22-44-18-17-43(6)23-44/h8-19,23-24,26-28,31-32,34-37,45H,20-22H2,1-7H3/p+1/b25-19+/t24-,26-,27+,28-,31-,32?,34+,35+,36-,37-,41+/m1/s1. The predicted octanol–water partition coefficient (Wildman–Crippen LogP) is 4.72. The lowest BCUT2D eigenvalue weighted by atomic mass is 9.69. The van der Waals surface area contributed by atoms with Crippen LogP contribution in [0.4, 0.5) is 0 Å². The van der Waals surface area contributed by atoms with Crippen LogP contribution in [0.5, 0.6) is 0 Å². The van der Waals surface area contributed by atoms with E-state index in [0.717, 1.165) is 11.1 Å². The number of aromatic amines is 1. The second-order valence-corrected chi connectivity index (χ2v) is 15.0. The summed E-state index contributed by atoms with van der Waals surface area (Å²) in [5.41, 5.74) is 1.81. The molecule has 12 heteroatoms. The van der Waals surface area contributed by atoms with E-state index in [2.05, 4.69) is 17.1 Å². The van der Waals surface area contributed by atoms with E-state index in [9.17, 15) is 19.5 Å². The summed E-state index contributed by atoms with van der Waals surface area (Å²) in [6.45, 7) is 9.85. The number of carbonyl (C=O) groups excluding carboxylic acids is 3. The Bertz CT molecular complexity index is 1810. The van der Waals surface area contributed by atoms with Gasteiger partial charge in [0, 0.05) is 37.0 Å². The topological polar surface area (TPSA) is 142 Å². The molecule has 1 unspecified atom stereocenters. The molecule has 2 N–H and O–H groups in total. The van der Waals surface area contributed by atoms with Gasteiger partial charge in [-0.05, 0) is 69.0 Å². The molecule has 284 valence electrons. The summed E-state index contributed by atoms with van der Waals surface area (Å²) in [5.74, 6) is -2.82. The Morgan fingerprint density at radius 2 is 1.85 bits per heavy atom. The van der Waals surface area contributed by atoms with Crippen molar-refractivity contribution in [3.63, 3.8) is 0 Å². The first-order chi connectivity index (χ1) is 25.3. The van der Waals surface area contributed by atoms with E-state index in [1.165, 1.54) is 7.11 Å². The number of imidazole rings is 1. The van der Waals surface area contributed by atoms with Crippen LogP contribution in [0.15, 0.2) is 85.1 Å². The molecule has 2 aliphatic heterocycles. The lowest BCUT2D eigenvalue weighted by molar-refractivity contribution is -0.671. The maximum Gasteiger partial charge on any atom is 0.355 e. The van der Waals surface area contributed by atoms with Gasteiger partial charge in [-0.3, -0.25) is 0 Å². The maximum atomic E-state index is 13.7. The Labute approximate surface area is 310 Å². The first kappa shape index (κ1) is 38.2. The molecule has 1 aromatic carbocycles. The number of aromatic nitrogens is 3. The van der Waals surface area contributed by atoms with Crippen LogP contribution in [-0.2, 0) is 42.1 Å². The number of aliphatic hydroxyl groups excluding tert-OH is 1. The Balaban J connectivity index is 1.24. The van der Waals surface area contributed by atoms with Gasteiger partial charge in [-0.1, -0.05) is 44.2 Å². The number of cyclic esters (lactones) is 1. The SMILES string of the molecule is CO[C@H]1CC2C=C[C@@H]3C[C@]2(O[C@H]3[C@H](OC(=O)c2ccc[nH]2)[C@H](C)[C@H](C)O)/C(C)=C/[C@@H](C)[C@@H]([C@@H](C)OC(=O)c2ccc(Cn3cc[n+](C)c3)cc2)OC1=O. The first-order valence-electron chi connectivity index (χ1n) is 18.4. The highest BCUT2D eigenvalue weighted by Gasteiger charge is 2.57. The Morgan fingerprint density at radius 3 is 2.49 bits per heavy atom. The third-order valence-electron chi connectivity index (χ3n) is 11.3. The molecule has 12 nitrogen and oxygen atoms in total. The highest BCUT2D eigenvalue weighted by molar-refractivity contribution is 5.89. The van der Waals surface area contributed by atoms with Gasteiger partial charge in [0.25, 0.3) is 0 Å². The van der Waals surface area contributed by atoms with Gasteiger partial charge in [-0.15, -0.1) is 0 Å². The zero-order valence-corrected chi connectivity index (χ0v) is 31.5. The van der Waals surface area contributed by atoms with Crippen molar-refractivity contribution in [2.24, 2.45) is 30.7 Å². The molecule has 0 saturated carbocycles. The molecule has 1 fully saturated rings. The van der Waals surface area contributed by atoms with Crippen LogP contribution < -0.4 is 4.57 Å². The van der Waals surface area contributed by atoms with Gasteiger partial charge >= 0.3 is 17.9 Å². The number of ether oxygens (including phenoxy) is 5. The molecule has 0 amide bonds. The summed E-state index contributed by atoms with van der Waals surface area (Å²) in [5, 5.41) is 10.7. The molecule has 53 heavy (non-hydrogen) atoms. The smallest absolute Gasteiger partial charge is 0.355 e. The van der Waals surface area contributed by atoms with Crippen LogP contribution in [0.25, 0.3) is 0 Å². The van der Waals surface area contributed by atoms with E-state index >= 15 is 0 Å². The van der Waals surface area contributed by atoms with E-state index in [0.29, 0.717) is 24.2 Å². The number of esters is 3. The van der Waals surface area contributed by atoms with Crippen LogP contribution >= 0.6 is 0 Å². The molecule has 3 aliphatic rings. The molecule has 1 spiro atoms. The minimum Gasteiger partial charge on any atom is -0.456 e. The lowest BCUT2D eigenvalue weighted by Gasteiger charge is -2.41. The molecule has 1 aliphatic carbocycles. The summed E-state index contributed by atoms with van der Waals surface area (Å²) in [6.07, 6.45) is 9.97. The monoisotopic (exact) mass is 730 g/mol. The molecule has 1 saturated heterocycles. The Kier molecular flexibility index (Phi) is 11.4. The minimum absolute atomic E-state index is 0.128. The van der Waals surface area contributed by atoms with E-state index in [1.807, 2.05) is 73.9 Å². The number of rotatable bonds is 11. The number of H-pyrrole nitrogens is 1. The average Bonchev–Trinajstić information content (AvgIpc) is 3.89. The van der Waals surface area contributed by atoms with Gasteiger partial charge in [0.05, 0.1) is 24.3 Å². The summed E-state index contributed by atoms with van der Waals surface area (Å²) in [6, 6.07) is 10.6. The third-order valence-corrected chi connectivity index (χ3v) is 11.3. The van der Waals surface area contributed by atoms with Gasteiger partial charge in [-0.25, -0.2) is 23.5 Å². The van der Waals surface area contributed by atoms with Crippen LogP contribution in [0.2, 0.25) is 0 Å². The number of benzene rings is 1. The van der Waals surface area contributed by atoms with Crippen molar-refractivity contribution in [3.05, 3.63) is 102 Å². The number of hydrogen-bond acceptors (Lipinski definition) is 9. The number of aryl methyl sites for hydroxylation is 1. The number of methoxy groups -OCH3 is 1. The predicted molar refractivity (Wildman–Crippen MR) is 193 cm³/mol. The van der Waals surface area contributed by atoms with Crippen molar-refractivity contribution in [1.29, 1.82) is 0 Å². The Morgan fingerprint density at radius 1 is 1.09 bits per heavy atom. The number of aliphatic hydroxyl groups is 1. The van der Waals surface area contributed by atoms with Crippen molar-refractivity contribution >= 4 is 17.9 Å². The van der Waals surface area contributed by atoms with Crippen molar-refractivity contribution in [2.45, 2.75) is 96.2 Å². The zero-order valence-electron chi connectivity index (χ0n) is 31.5. The van der Waals surface area contributed by atoms with E-state index in [4.69, 9.17) is 23.7 Å². The van der Waals surface area contributed by atoms with E-state index < -0.39 is 66.1 Å². The quantitative estimate of drug-likeness (QED) is 0.124. The number of carbonyl (C=O) groups is 3. The van der Waals surface area contributed by atoms with Crippen molar-refractivity contribution in [2.75, 3.05) is 7.11 Å². The number of nitrogens with zero attached hydrogens (tertiary/aromatic N) is 2. The summed E-state index contributed by atoms with van der Waals surface area (Å²) in [7, 11) is 3.43. The zero-order chi connectivity index (χ0) is 38.0. The van der Waals surface area contributed by atoms with Crippen LogP contribution in [0, 0.1) is 23.7 Å². The first-order valence-corrected chi connectivity index (χ1v) is 18.4. The second kappa shape index (κ2) is 15.8. The minimum atomic E-state index is -0.919. The normalized spacial score (nSPS) is 30.2. The third kappa shape index (κ3) is 8.05. The maximum absolute atomic E-state index is 13.7. The van der Waals surface area contributed by atoms with Gasteiger partial charge < -0.3 is 33.8 Å². The van der Waals surface area contributed by atoms with Gasteiger partial charge in [0.2, 0.25) is 6.33 Å². The number of fused-ring (bicyclic) bond motifs is 1. The summed E-state index contributed by atoms with van der Waals surface area (Å²) in [4.78, 5) is 43.2. The van der Waals surface area contributed by atoms with Crippen LogP contribution in [0.3, 0.4) is 0 Å². The molecule has 11 atom stereocenters. The van der Waals surface area contributed by atoms with E-state index in [-0.39, 0.29) is 24.2 Å². The second-order valence-electron chi connectivity index (χ2n) is 15.0. The van der Waals surface area contributed by atoms with Gasteiger partial charge in [-0.2, -0.15) is 0 Å². The molecular formula is C41H52N3O9+. The highest BCUT2D eigenvalue weighted by atomic mass is 16.6. The Hall–Kier alpha value is -4.52. The fourth-order valence-corrected chi connectivity index (χ4v) is 8.06. The molecule has 0 radical (unpaired) electrons. The summed E-state index contributed by atoms with van der Waals surface area (Å²) < 4.78 is 35.0.